The van der Waals surface area contributed by atoms with Gasteiger partial charge in [-0.3, -0.25) is 29.3 Å². The van der Waals surface area contributed by atoms with E-state index < -0.39 is 11.2 Å². The zero-order valence-corrected chi connectivity index (χ0v) is 61.7. The van der Waals surface area contributed by atoms with E-state index in [0.29, 0.717) is 81.5 Å². The van der Waals surface area contributed by atoms with E-state index in [9.17, 15) is 24.0 Å². The average molecular weight is 1410 g/mol. The number of likely N-dealkylation sites (tertiary alicyclic amines) is 2. The number of allylic oxidation sites excluding steroid dienone is 3. The molecule has 0 saturated carbocycles. The number of anilines is 1. The molecule has 2 amide bonds. The summed E-state index contributed by atoms with van der Waals surface area (Å²) in [5.41, 5.74) is 6.03. The molecule has 0 unspecified atom stereocenters. The van der Waals surface area contributed by atoms with Crippen LogP contribution in [0, 0.1) is 35.7 Å². The quantitative estimate of drug-likeness (QED) is 0.0657. The van der Waals surface area contributed by atoms with Crippen molar-refractivity contribution >= 4 is 87.0 Å². The molecular formula is C73H97BBrClN12O9. The molecule has 0 spiro atoms. The van der Waals surface area contributed by atoms with E-state index in [1.165, 1.54) is 12.1 Å². The van der Waals surface area contributed by atoms with Gasteiger partial charge in [0, 0.05) is 118 Å². The summed E-state index contributed by atoms with van der Waals surface area (Å²) in [6.45, 7) is 51.3. The minimum atomic E-state index is -0.493. The molecule has 4 saturated heterocycles. The Morgan fingerprint density at radius 1 is 0.639 bits per heavy atom. The number of aromatic nitrogens is 7. The molecule has 520 valence electrons. The Morgan fingerprint density at radius 2 is 1.07 bits per heavy atom. The SMILES string of the molecule is C=C(C)B1OC(C)(C)C(C)(C)O1.C=C(C)c1ccc(CC(=O)C[C@H]2CCN(C(=O)OC(C)(C)C)C2)nc1.C=C(C)c1ccc(CC(=O)C[C@H]2CCN(c3ccc(C#N)nn3)C2)nc1.CC.CC(C)(C)OC(=O)N1CC[C@H](CC(=O)Cc2ccc(Br)cn2)C1.[C-]#[N+]c1ccc(Cl)nn1. The topological polar surface area (TPSA) is 250 Å². The van der Waals surface area contributed by atoms with E-state index in [1.807, 2.05) is 152 Å². The van der Waals surface area contributed by atoms with Gasteiger partial charge in [0.15, 0.2) is 16.7 Å². The second kappa shape index (κ2) is 38.2. The first-order valence-electron chi connectivity index (χ1n) is 32.7. The van der Waals surface area contributed by atoms with Crippen LogP contribution in [0.25, 0.3) is 16.0 Å². The molecule has 9 rings (SSSR count). The molecule has 0 aliphatic carbocycles. The molecule has 21 nitrogen and oxygen atoms in total. The fraction of sp³-hybridized carbons (Fsp3) is 0.507. The van der Waals surface area contributed by atoms with Gasteiger partial charge >= 0.3 is 19.3 Å². The van der Waals surface area contributed by atoms with Crippen molar-refractivity contribution in [1.82, 2.24) is 45.1 Å². The smallest absolute Gasteiger partial charge is 0.444 e. The maximum absolute atomic E-state index is 12.4. The van der Waals surface area contributed by atoms with Gasteiger partial charge in [0.25, 0.3) is 5.82 Å². The molecule has 0 N–H and O–H groups in total. The highest BCUT2D eigenvalue weighted by Crippen LogP contribution is 2.38. The average Bonchev–Trinajstić information content (AvgIpc) is 1.64. The van der Waals surface area contributed by atoms with Crippen LogP contribution < -0.4 is 4.90 Å². The summed E-state index contributed by atoms with van der Waals surface area (Å²) in [6, 6.07) is 19.9. The zero-order valence-electron chi connectivity index (χ0n) is 59.3. The molecule has 4 aliphatic heterocycles. The summed E-state index contributed by atoms with van der Waals surface area (Å²) in [7, 11) is -0.241. The van der Waals surface area contributed by atoms with E-state index in [1.54, 1.807) is 34.5 Å². The lowest BCUT2D eigenvalue weighted by atomic mass is 9.81. The molecule has 24 heteroatoms. The van der Waals surface area contributed by atoms with Crippen LogP contribution in [-0.4, -0.2) is 143 Å². The lowest BCUT2D eigenvalue weighted by molar-refractivity contribution is -0.120. The van der Waals surface area contributed by atoms with Crippen LogP contribution in [-0.2, 0) is 52.4 Å². The molecule has 0 aromatic carbocycles. The molecule has 97 heavy (non-hydrogen) atoms. The Morgan fingerprint density at radius 3 is 1.40 bits per heavy atom. The number of Topliss-reactive ketones (excluding diaryl/α,β-unsaturated/α-hetero) is 3. The number of nitriles is 1. The standard InChI is InChI=1S/C20H21N5O.C20H28N2O3.C17H23BrN2O3.C9H17BO2.C5H2ClN3.C2H6/c1-14(2)16-3-4-17(22-12-16)10-19(26)9-15-7-8-25(13-15)20-6-5-18(11-21)23-24-20;1-14(2)16-6-7-17(21-12-16)11-18(23)10-15-8-9-22(13-15)19(24)25-20(3,4)5;1-17(2,3)23-16(22)20-7-6-12(11-20)8-15(21)9-14-5-4-13(18)10-19-14;1-7(2)10-11-8(3,4)9(5,6)12-10;1-7-5-3-2-4(6)8-9-5;1-2/h3-6,12,15H,1,7-10,13H2,2H3;6-7,12,15H,1,8-11,13H2,2-5H3;4-5,10,12H,6-9,11H2,1-3H3;1H2,2-6H3;2-3H;1-2H3/t2*15-;12-;;;/m111.../s1. The minimum absolute atomic E-state index is 0.159. The van der Waals surface area contributed by atoms with E-state index in [0.717, 1.165) is 87.5 Å². The molecule has 9 heterocycles. The van der Waals surface area contributed by atoms with Gasteiger partial charge in [0.2, 0.25) is 0 Å². The monoisotopic (exact) mass is 1410 g/mol. The number of nitrogens with zero attached hydrogens (tertiary/aromatic N) is 12. The van der Waals surface area contributed by atoms with Crippen molar-refractivity contribution in [2.75, 3.05) is 44.2 Å². The van der Waals surface area contributed by atoms with Crippen molar-refractivity contribution in [2.45, 2.75) is 184 Å². The van der Waals surface area contributed by atoms with Crippen LogP contribution >= 0.6 is 27.5 Å². The lowest BCUT2D eigenvalue weighted by Gasteiger charge is -2.32. The van der Waals surface area contributed by atoms with Crippen LogP contribution in [0.5, 0.6) is 0 Å². The van der Waals surface area contributed by atoms with E-state index in [4.69, 9.17) is 42.2 Å². The second-order valence-corrected chi connectivity index (χ2v) is 28.6. The van der Waals surface area contributed by atoms with Crippen LogP contribution in [0.15, 0.2) is 109 Å². The third-order valence-corrected chi connectivity index (χ3v) is 16.4. The van der Waals surface area contributed by atoms with Crippen molar-refractivity contribution in [3.8, 4) is 6.07 Å². The summed E-state index contributed by atoms with van der Waals surface area (Å²) >= 11 is 8.72. The predicted octanol–water partition coefficient (Wildman–Crippen LogP) is 15.2. The molecule has 4 aliphatic rings. The predicted molar refractivity (Wildman–Crippen MR) is 384 cm³/mol. The summed E-state index contributed by atoms with van der Waals surface area (Å²) in [5.74, 6) is 2.28. The molecule has 5 aromatic heterocycles. The van der Waals surface area contributed by atoms with Gasteiger partial charge in [0.05, 0.1) is 11.2 Å². The van der Waals surface area contributed by atoms with Crippen LogP contribution in [0.4, 0.5) is 21.2 Å². The third kappa shape index (κ3) is 28.9. The maximum atomic E-state index is 12.4. The first-order chi connectivity index (χ1) is 45.5. The maximum Gasteiger partial charge on any atom is 0.489 e. The Labute approximate surface area is 588 Å². The van der Waals surface area contributed by atoms with Crippen molar-refractivity contribution in [3.63, 3.8) is 0 Å². The second-order valence-electron chi connectivity index (χ2n) is 27.3. The van der Waals surface area contributed by atoms with Crippen molar-refractivity contribution < 1.29 is 42.8 Å². The Balaban J connectivity index is 0.000000267. The summed E-state index contributed by atoms with van der Waals surface area (Å²) in [6.07, 6.45) is 9.82. The fourth-order valence-corrected chi connectivity index (χ4v) is 10.4. The van der Waals surface area contributed by atoms with Crippen LogP contribution in [0.3, 0.4) is 0 Å². The molecular weight excluding hydrogens is 1320 g/mol. The Hall–Kier alpha value is -8.09. The molecule has 0 radical (unpaired) electrons. The number of hydrogen-bond donors (Lipinski definition) is 0. The fourth-order valence-electron chi connectivity index (χ4n) is 10.0. The highest BCUT2D eigenvalue weighted by atomic mass is 79.9. The summed E-state index contributed by atoms with van der Waals surface area (Å²) < 4.78 is 23.1. The van der Waals surface area contributed by atoms with Gasteiger partial charge < -0.3 is 38.3 Å². The van der Waals surface area contributed by atoms with E-state index in [2.05, 4.69) is 80.8 Å². The van der Waals surface area contributed by atoms with E-state index in [-0.39, 0.29) is 65.5 Å². The van der Waals surface area contributed by atoms with E-state index >= 15 is 0 Å². The highest BCUT2D eigenvalue weighted by Gasteiger charge is 2.51. The molecule has 3 atom stereocenters. The van der Waals surface area contributed by atoms with Crippen LogP contribution in [0.2, 0.25) is 5.15 Å². The Kier molecular flexibility index (Phi) is 32.0. The van der Waals surface area contributed by atoms with Gasteiger partial charge in [-0.15, -0.1) is 16.8 Å². The van der Waals surface area contributed by atoms with Gasteiger partial charge in [0.1, 0.15) is 34.6 Å². The van der Waals surface area contributed by atoms with Crippen LogP contribution in [0.1, 0.15) is 176 Å². The Bertz CT molecular complexity index is 3520. The first kappa shape index (κ1) is 81.3. The number of ether oxygens (including phenoxy) is 2. The number of rotatable bonds is 16. The number of amides is 2. The molecule has 0 bridgehead atoms. The van der Waals surface area contributed by atoms with Crippen molar-refractivity contribution in [3.05, 3.63) is 159 Å². The lowest BCUT2D eigenvalue weighted by Crippen LogP contribution is -2.41. The number of pyridine rings is 3. The first-order valence-corrected chi connectivity index (χ1v) is 33.9. The number of ketones is 3. The van der Waals surface area contributed by atoms with Gasteiger partial charge in [-0.25, -0.2) is 9.59 Å². The van der Waals surface area contributed by atoms with Gasteiger partial charge in [-0.1, -0.05) is 62.8 Å². The minimum Gasteiger partial charge on any atom is -0.444 e. The summed E-state index contributed by atoms with van der Waals surface area (Å²) in [5, 5.41) is 24.0. The molecule has 4 fully saturated rings. The summed E-state index contributed by atoms with van der Waals surface area (Å²) in [4.78, 5) is 82.4. The number of carbonyl (C=O) groups excluding carboxylic acids is 5. The normalized spacial score (nSPS) is 17.2. The van der Waals surface area contributed by atoms with Gasteiger partial charge in [-0.05, 0) is 224 Å². The molecule has 5 aromatic rings. The van der Waals surface area contributed by atoms with Crippen molar-refractivity contribution in [1.29, 1.82) is 5.26 Å². The van der Waals surface area contributed by atoms with Crippen molar-refractivity contribution in [2.24, 2.45) is 17.8 Å². The number of hydrogen-bond acceptors (Lipinski definition) is 18. The largest absolute Gasteiger partial charge is 0.489 e. The number of halogens is 2. The van der Waals surface area contributed by atoms with Gasteiger partial charge in [-0.2, -0.15) is 5.26 Å². The zero-order chi connectivity index (χ0) is 72.4. The highest BCUT2D eigenvalue weighted by molar-refractivity contribution is 9.10. The third-order valence-electron chi connectivity index (χ3n) is 15.7. The number of carbonyl (C=O) groups is 5.